The van der Waals surface area contributed by atoms with Crippen LogP contribution in [0.3, 0.4) is 0 Å². The van der Waals surface area contributed by atoms with Gasteiger partial charge in [-0.25, -0.2) is 4.98 Å². The first-order chi connectivity index (χ1) is 35.5. The highest BCUT2D eigenvalue weighted by Gasteiger charge is 2.25. The van der Waals surface area contributed by atoms with Crippen LogP contribution in [0.25, 0.3) is 111 Å². The molecule has 9 aromatic carbocycles. The molecule has 0 bridgehead atoms. The van der Waals surface area contributed by atoms with Gasteiger partial charge in [-0.3, -0.25) is 0 Å². The molecule has 8 nitrogen and oxygen atoms in total. The molecule has 0 saturated carbocycles. The van der Waals surface area contributed by atoms with Crippen LogP contribution in [-0.4, -0.2) is 14.1 Å². The van der Waals surface area contributed by atoms with Gasteiger partial charge in [-0.05, 0) is 118 Å². The quantitative estimate of drug-likeness (QED) is 0.156. The summed E-state index contributed by atoms with van der Waals surface area (Å²) in [5.74, 6) is 0. The lowest BCUT2D eigenvalue weighted by molar-refractivity contribution is 1.12. The van der Waals surface area contributed by atoms with Gasteiger partial charge in [-0.2, -0.15) is 26.3 Å². The third kappa shape index (κ3) is 7.00. The van der Waals surface area contributed by atoms with E-state index in [9.17, 15) is 26.3 Å². The molecule has 0 fully saturated rings. The van der Waals surface area contributed by atoms with Crippen molar-refractivity contribution in [1.82, 2.24) is 14.1 Å². The number of hydrogen-bond acceptors (Lipinski definition) is 6. The van der Waals surface area contributed by atoms with Gasteiger partial charge in [0, 0.05) is 32.7 Å². The predicted molar refractivity (Wildman–Crippen MR) is 284 cm³/mol. The second-order valence-corrected chi connectivity index (χ2v) is 17.5. The summed E-state index contributed by atoms with van der Waals surface area (Å²) in [5, 5.41) is 54.5. The first-order valence-electron chi connectivity index (χ1n) is 23.1. The molecule has 8 heteroatoms. The molecule has 0 atom stereocenters. The minimum Gasteiger partial charge on any atom is -0.308 e. The van der Waals surface area contributed by atoms with Crippen LogP contribution in [-0.2, 0) is 0 Å². The Morgan fingerprint density at radius 2 is 0.750 bits per heavy atom. The first kappa shape index (κ1) is 42.5. The maximum Gasteiger partial charge on any atom is 0.0998 e. The van der Waals surface area contributed by atoms with E-state index < -0.39 is 0 Å². The number of fused-ring (bicyclic) bond motifs is 6. The van der Waals surface area contributed by atoms with Crippen molar-refractivity contribution >= 4 is 43.6 Å². The molecular formula is C64H34N8. The van der Waals surface area contributed by atoms with Gasteiger partial charge in [0.25, 0.3) is 0 Å². The van der Waals surface area contributed by atoms with Crippen LogP contribution in [0.15, 0.2) is 206 Å². The van der Waals surface area contributed by atoms with Gasteiger partial charge in [-0.15, -0.1) is 0 Å². The second kappa shape index (κ2) is 17.4. The highest BCUT2D eigenvalue weighted by molar-refractivity contribution is 6.13. The summed E-state index contributed by atoms with van der Waals surface area (Å²) in [5.41, 5.74) is 15.7. The molecule has 330 valence electrons. The van der Waals surface area contributed by atoms with E-state index in [4.69, 9.17) is 4.98 Å². The highest BCUT2D eigenvalue weighted by Crippen LogP contribution is 2.44. The van der Waals surface area contributed by atoms with Gasteiger partial charge in [0.05, 0.1) is 103 Å². The predicted octanol–water partition coefficient (Wildman–Crippen LogP) is 15.0. The average molecular weight is 915 g/mol. The zero-order chi connectivity index (χ0) is 48.9. The number of para-hydroxylation sites is 2. The summed E-state index contributed by atoms with van der Waals surface area (Å²) in [7, 11) is 0. The van der Waals surface area contributed by atoms with Gasteiger partial charge in [0.2, 0.25) is 0 Å². The second-order valence-electron chi connectivity index (χ2n) is 17.5. The lowest BCUT2D eigenvalue weighted by Gasteiger charge is -2.21. The van der Waals surface area contributed by atoms with Crippen molar-refractivity contribution in [2.45, 2.75) is 0 Å². The van der Waals surface area contributed by atoms with Gasteiger partial charge >= 0.3 is 0 Å². The van der Waals surface area contributed by atoms with E-state index in [1.165, 1.54) is 0 Å². The Bertz CT molecular complexity index is 4230. The van der Waals surface area contributed by atoms with E-state index >= 15 is 0 Å². The van der Waals surface area contributed by atoms with E-state index in [0.717, 1.165) is 105 Å². The molecule has 0 spiro atoms. The topological polar surface area (TPSA) is 142 Å². The summed E-state index contributed by atoms with van der Waals surface area (Å²) < 4.78 is 4.42. The van der Waals surface area contributed by atoms with Crippen molar-refractivity contribution in [3.05, 3.63) is 234 Å². The zero-order valence-electron chi connectivity index (χ0n) is 38.2. The molecule has 3 heterocycles. The highest BCUT2D eigenvalue weighted by atomic mass is 15.0. The minimum atomic E-state index is 0.409. The summed E-state index contributed by atoms with van der Waals surface area (Å²) in [6.45, 7) is 0. The fourth-order valence-electron chi connectivity index (χ4n) is 10.2. The summed E-state index contributed by atoms with van der Waals surface area (Å²) in [6, 6.07) is 79.1. The normalized spacial score (nSPS) is 11.0. The molecule has 0 unspecified atom stereocenters. The van der Waals surface area contributed by atoms with Crippen LogP contribution < -0.4 is 0 Å². The number of nitrogens with zero attached hydrogens (tertiary/aromatic N) is 8. The van der Waals surface area contributed by atoms with E-state index in [1.807, 2.05) is 97.1 Å². The van der Waals surface area contributed by atoms with Crippen molar-refractivity contribution in [2.24, 2.45) is 0 Å². The Kier molecular flexibility index (Phi) is 10.3. The van der Waals surface area contributed by atoms with Crippen molar-refractivity contribution < 1.29 is 0 Å². The Morgan fingerprint density at radius 1 is 0.306 bits per heavy atom. The van der Waals surface area contributed by atoms with Gasteiger partial charge < -0.3 is 9.13 Å². The number of nitriles is 5. The summed E-state index contributed by atoms with van der Waals surface area (Å²) in [6.07, 6.45) is 0. The summed E-state index contributed by atoms with van der Waals surface area (Å²) in [4.78, 5) is 5.49. The third-order valence-electron chi connectivity index (χ3n) is 13.5. The standard InChI is InChI=1S/C64H34N8/c65-35-40-17-25-50(48(29-40)38-68)46-23-27-60-54(33-46)52-11-4-6-15-58(52)71(60)62-31-42(37-67)32-63(64(62)57-14-8-13-56(70-57)45-21-19-44(20-22-45)43-9-2-1-3-10-43)72-59-16-7-5-12-53(59)55-34-47(24-28-61(55)72)51-26-18-41(36-66)30-49(51)39-69/h1-34H. The maximum atomic E-state index is 11.0. The Balaban J connectivity index is 1.15. The molecule has 12 aromatic rings. The monoisotopic (exact) mass is 914 g/mol. The van der Waals surface area contributed by atoms with E-state index in [0.29, 0.717) is 33.5 Å². The number of rotatable bonds is 7. The Hall–Kier alpha value is -10.8. The third-order valence-corrected chi connectivity index (χ3v) is 13.5. The van der Waals surface area contributed by atoms with E-state index in [1.54, 1.807) is 24.3 Å². The smallest absolute Gasteiger partial charge is 0.0998 e. The van der Waals surface area contributed by atoms with Crippen molar-refractivity contribution in [2.75, 3.05) is 0 Å². The first-order valence-corrected chi connectivity index (χ1v) is 23.1. The van der Waals surface area contributed by atoms with Crippen LogP contribution in [0.5, 0.6) is 0 Å². The molecule has 0 aliphatic heterocycles. The SMILES string of the molecule is N#Cc1ccc(-c2ccc3c(c2)c2ccccc2n3-c2cc(C#N)cc(-n3c4ccccc4c4cc(-c5ccc(C#N)cc5C#N)ccc43)c2-c2cccc(-c3ccc(-c4ccccc4)cc3)n2)c(C#N)c1. The minimum absolute atomic E-state index is 0.409. The largest absolute Gasteiger partial charge is 0.308 e. The van der Waals surface area contributed by atoms with E-state index in [-0.39, 0.29) is 0 Å². The maximum absolute atomic E-state index is 11.0. The molecule has 72 heavy (non-hydrogen) atoms. The van der Waals surface area contributed by atoms with Crippen LogP contribution in [0.4, 0.5) is 0 Å². The Labute approximate surface area is 413 Å². The molecule has 3 aromatic heterocycles. The molecule has 0 radical (unpaired) electrons. The number of pyridine rings is 1. The van der Waals surface area contributed by atoms with Gasteiger partial charge in [-0.1, -0.05) is 121 Å². The number of hydrogen-bond donors (Lipinski definition) is 0. The van der Waals surface area contributed by atoms with Gasteiger partial charge in [0.1, 0.15) is 0 Å². The number of aromatic nitrogens is 3. The van der Waals surface area contributed by atoms with E-state index in [2.05, 4.69) is 124 Å². The van der Waals surface area contributed by atoms with Crippen molar-refractivity contribution in [3.8, 4) is 97.6 Å². The van der Waals surface area contributed by atoms with Crippen molar-refractivity contribution in [3.63, 3.8) is 0 Å². The summed E-state index contributed by atoms with van der Waals surface area (Å²) >= 11 is 0. The molecule has 0 aliphatic carbocycles. The van der Waals surface area contributed by atoms with Crippen LogP contribution in [0.1, 0.15) is 27.8 Å². The van der Waals surface area contributed by atoms with Crippen LogP contribution in [0.2, 0.25) is 0 Å². The lowest BCUT2D eigenvalue weighted by Crippen LogP contribution is -2.06. The van der Waals surface area contributed by atoms with Crippen LogP contribution in [0, 0.1) is 56.7 Å². The molecular weight excluding hydrogens is 881 g/mol. The number of benzene rings is 9. The fraction of sp³-hybridized carbons (Fsp3) is 0. The molecule has 12 rings (SSSR count). The Morgan fingerprint density at radius 3 is 1.26 bits per heavy atom. The lowest BCUT2D eigenvalue weighted by atomic mass is 9.97. The fourth-order valence-corrected chi connectivity index (χ4v) is 10.2. The average Bonchev–Trinajstić information content (AvgIpc) is 3.96. The zero-order valence-corrected chi connectivity index (χ0v) is 38.2. The van der Waals surface area contributed by atoms with Crippen molar-refractivity contribution in [1.29, 1.82) is 26.3 Å². The molecule has 0 saturated heterocycles. The van der Waals surface area contributed by atoms with Gasteiger partial charge in [0.15, 0.2) is 0 Å². The molecule has 0 amide bonds. The molecule has 0 aliphatic rings. The van der Waals surface area contributed by atoms with Crippen LogP contribution >= 0.6 is 0 Å². The molecule has 0 N–H and O–H groups in total.